The van der Waals surface area contributed by atoms with E-state index in [0.717, 1.165) is 28.4 Å². The molecule has 3 heterocycles. The van der Waals surface area contributed by atoms with E-state index in [1.165, 1.54) is 30.5 Å². The summed E-state index contributed by atoms with van der Waals surface area (Å²) in [5.74, 6) is 0. The van der Waals surface area contributed by atoms with Gasteiger partial charge in [-0.25, -0.2) is 0 Å². The molecular formula is C13H14ClN3S. The van der Waals surface area contributed by atoms with Crippen LogP contribution in [0, 0.1) is 4.77 Å². The predicted octanol–water partition coefficient (Wildman–Crippen LogP) is 3.50. The summed E-state index contributed by atoms with van der Waals surface area (Å²) in [5.41, 5.74) is 3.69. The van der Waals surface area contributed by atoms with Crippen molar-refractivity contribution in [3.05, 3.63) is 27.5 Å². The normalized spacial score (nSPS) is 23.3. The number of H-pyrrole nitrogens is 1. The van der Waals surface area contributed by atoms with E-state index < -0.39 is 0 Å². The number of nitrogens with zero attached hydrogens (tertiary/aromatic N) is 2. The second-order valence-electron chi connectivity index (χ2n) is 5.17. The minimum atomic E-state index is 0.519. The highest BCUT2D eigenvalue weighted by Crippen LogP contribution is 2.39. The number of halogens is 1. The van der Waals surface area contributed by atoms with Gasteiger partial charge in [0, 0.05) is 24.2 Å². The molecule has 1 aromatic heterocycles. The summed E-state index contributed by atoms with van der Waals surface area (Å²) in [6.07, 6.45) is 2.51. The predicted molar refractivity (Wildman–Crippen MR) is 75.7 cm³/mol. The maximum absolute atomic E-state index is 6.25. The molecule has 5 heteroatoms. The van der Waals surface area contributed by atoms with Gasteiger partial charge in [0.1, 0.15) is 0 Å². The van der Waals surface area contributed by atoms with Gasteiger partial charge in [0.25, 0.3) is 0 Å². The van der Waals surface area contributed by atoms with Gasteiger partial charge in [0.2, 0.25) is 0 Å². The van der Waals surface area contributed by atoms with Crippen molar-refractivity contribution in [2.45, 2.75) is 25.4 Å². The van der Waals surface area contributed by atoms with Crippen molar-refractivity contribution >= 4 is 34.9 Å². The Hall–Kier alpha value is -0.840. The average Bonchev–Trinajstić information content (AvgIpc) is 2.86. The second kappa shape index (κ2) is 3.83. The quantitative estimate of drug-likeness (QED) is 0.746. The number of rotatable bonds is 0. The Balaban J connectivity index is 2.10. The number of aromatic amines is 1. The fourth-order valence-electron chi connectivity index (χ4n) is 3.44. The molecule has 1 saturated heterocycles. The molecule has 1 unspecified atom stereocenters. The van der Waals surface area contributed by atoms with E-state index in [0.29, 0.717) is 6.04 Å². The van der Waals surface area contributed by atoms with Gasteiger partial charge in [0.15, 0.2) is 4.77 Å². The van der Waals surface area contributed by atoms with E-state index in [9.17, 15) is 0 Å². The molecular weight excluding hydrogens is 266 g/mol. The van der Waals surface area contributed by atoms with E-state index in [2.05, 4.69) is 20.5 Å². The number of nitrogens with one attached hydrogen (secondary N) is 1. The third-order valence-electron chi connectivity index (χ3n) is 4.19. The summed E-state index contributed by atoms with van der Waals surface area (Å²) < 4.78 is 3.05. The number of hydrogen-bond donors (Lipinski definition) is 1. The zero-order valence-corrected chi connectivity index (χ0v) is 11.5. The molecule has 2 aromatic rings. The first-order valence-corrected chi connectivity index (χ1v) is 7.19. The molecule has 0 amide bonds. The Morgan fingerprint density at radius 2 is 2.17 bits per heavy atom. The highest BCUT2D eigenvalue weighted by atomic mass is 35.5. The maximum Gasteiger partial charge on any atom is 0.178 e. The topological polar surface area (TPSA) is 24.0 Å². The number of aromatic nitrogens is 2. The van der Waals surface area contributed by atoms with Crippen LogP contribution in [-0.2, 0) is 6.54 Å². The SMILES string of the molecule is S=c1[nH]c2cc(Cl)cc3c2n1CCN1CCCC31. The van der Waals surface area contributed by atoms with Gasteiger partial charge < -0.3 is 9.55 Å². The molecule has 1 N–H and O–H groups in total. The molecule has 3 nitrogen and oxygen atoms in total. The van der Waals surface area contributed by atoms with Gasteiger partial charge in [-0.05, 0) is 49.3 Å². The van der Waals surface area contributed by atoms with Crippen LogP contribution in [0.4, 0.5) is 0 Å². The lowest BCUT2D eigenvalue weighted by atomic mass is 10.0. The van der Waals surface area contributed by atoms with Crippen LogP contribution in [-0.4, -0.2) is 27.5 Å². The molecule has 1 aromatic carbocycles. The minimum absolute atomic E-state index is 0.519. The Kier molecular flexibility index (Phi) is 2.34. The van der Waals surface area contributed by atoms with E-state index >= 15 is 0 Å². The molecule has 94 valence electrons. The molecule has 2 aliphatic rings. The summed E-state index contributed by atoms with van der Waals surface area (Å²) in [5, 5.41) is 0.801. The lowest BCUT2D eigenvalue weighted by Crippen LogP contribution is -2.24. The molecule has 0 bridgehead atoms. The molecule has 4 rings (SSSR count). The van der Waals surface area contributed by atoms with Gasteiger partial charge in [0.05, 0.1) is 11.0 Å². The fraction of sp³-hybridized carbons (Fsp3) is 0.462. The van der Waals surface area contributed by atoms with E-state index in [-0.39, 0.29) is 0 Å². The molecule has 0 aliphatic carbocycles. The number of fused-ring (bicyclic) bond motifs is 2. The fourth-order valence-corrected chi connectivity index (χ4v) is 3.96. The molecule has 2 aliphatic heterocycles. The van der Waals surface area contributed by atoms with E-state index in [1.807, 2.05) is 6.07 Å². The molecule has 1 atom stereocenters. The summed E-state index contributed by atoms with van der Waals surface area (Å²) in [6.45, 7) is 3.25. The van der Waals surface area contributed by atoms with Crippen molar-refractivity contribution in [2.24, 2.45) is 0 Å². The maximum atomic E-state index is 6.25. The highest BCUT2D eigenvalue weighted by Gasteiger charge is 2.31. The van der Waals surface area contributed by atoms with Gasteiger partial charge in [-0.3, -0.25) is 4.90 Å². The number of benzene rings is 1. The summed E-state index contributed by atoms with van der Waals surface area (Å²) >= 11 is 11.7. The van der Waals surface area contributed by atoms with Gasteiger partial charge in [-0.2, -0.15) is 0 Å². The Labute approximate surface area is 115 Å². The van der Waals surface area contributed by atoms with E-state index in [4.69, 9.17) is 23.8 Å². The van der Waals surface area contributed by atoms with Gasteiger partial charge >= 0.3 is 0 Å². The Morgan fingerprint density at radius 3 is 3.06 bits per heavy atom. The second-order valence-corrected chi connectivity index (χ2v) is 5.99. The van der Waals surface area contributed by atoms with Crippen molar-refractivity contribution < 1.29 is 0 Å². The molecule has 0 spiro atoms. The Bertz CT molecular complexity index is 687. The van der Waals surface area contributed by atoms with Crippen molar-refractivity contribution in [3.8, 4) is 0 Å². The first kappa shape index (κ1) is 11.0. The van der Waals surface area contributed by atoms with Crippen LogP contribution < -0.4 is 0 Å². The van der Waals surface area contributed by atoms with E-state index in [1.54, 1.807) is 0 Å². The summed E-state index contributed by atoms with van der Waals surface area (Å²) in [4.78, 5) is 5.84. The third-order valence-corrected chi connectivity index (χ3v) is 4.73. The molecule has 0 saturated carbocycles. The monoisotopic (exact) mass is 279 g/mol. The molecule has 18 heavy (non-hydrogen) atoms. The van der Waals surface area contributed by atoms with Crippen LogP contribution >= 0.6 is 23.8 Å². The molecule has 0 radical (unpaired) electrons. The van der Waals surface area contributed by atoms with Crippen LogP contribution in [0.25, 0.3) is 11.0 Å². The van der Waals surface area contributed by atoms with Crippen molar-refractivity contribution in [2.75, 3.05) is 13.1 Å². The highest BCUT2D eigenvalue weighted by molar-refractivity contribution is 7.71. The Morgan fingerprint density at radius 1 is 1.28 bits per heavy atom. The van der Waals surface area contributed by atoms with Crippen LogP contribution in [0.5, 0.6) is 0 Å². The van der Waals surface area contributed by atoms with Crippen molar-refractivity contribution in [1.82, 2.24) is 14.5 Å². The van der Waals surface area contributed by atoms with Crippen LogP contribution in [0.15, 0.2) is 12.1 Å². The van der Waals surface area contributed by atoms with Gasteiger partial charge in [-0.15, -0.1) is 0 Å². The molecule has 1 fully saturated rings. The van der Waals surface area contributed by atoms with Crippen molar-refractivity contribution in [1.29, 1.82) is 0 Å². The summed E-state index contributed by atoms with van der Waals surface area (Å²) in [6, 6.07) is 4.62. The standard InChI is InChI=1S/C13H14ClN3S/c14-8-6-9-11-2-1-3-16(11)4-5-17-12(9)10(7-8)15-13(17)18/h6-7,11H,1-5H2,(H,15,18). The number of imidazole rings is 1. The largest absolute Gasteiger partial charge is 0.331 e. The smallest absolute Gasteiger partial charge is 0.178 e. The van der Waals surface area contributed by atoms with Crippen LogP contribution in [0.3, 0.4) is 0 Å². The lowest BCUT2D eigenvalue weighted by molar-refractivity contribution is 0.256. The first-order valence-electron chi connectivity index (χ1n) is 6.40. The lowest BCUT2D eigenvalue weighted by Gasteiger charge is -2.22. The number of hydrogen-bond acceptors (Lipinski definition) is 2. The van der Waals surface area contributed by atoms with Gasteiger partial charge in [-0.1, -0.05) is 11.6 Å². The first-order chi connectivity index (χ1) is 8.74. The summed E-state index contributed by atoms with van der Waals surface area (Å²) in [7, 11) is 0. The zero-order chi connectivity index (χ0) is 12.3. The van der Waals surface area contributed by atoms with Crippen molar-refractivity contribution in [3.63, 3.8) is 0 Å². The third kappa shape index (κ3) is 1.43. The zero-order valence-electron chi connectivity index (χ0n) is 9.95. The minimum Gasteiger partial charge on any atom is -0.331 e. The average molecular weight is 280 g/mol. The van der Waals surface area contributed by atoms with Crippen LogP contribution in [0.1, 0.15) is 24.4 Å². The van der Waals surface area contributed by atoms with Crippen LogP contribution in [0.2, 0.25) is 5.02 Å².